The standard InChI is InChI=1S/C22H36N4O2/c1-15-16(2)23-24-20(27)19(15)21(28)26-12-6-7-18(26)14-25(5)13-17-8-10-22(3,4)11-9-17/h17-18H,6-14H2,1-5H3,(H,24,27). The van der Waals surface area contributed by atoms with Crippen LogP contribution in [0.4, 0.5) is 0 Å². The lowest BCUT2D eigenvalue weighted by atomic mass is 9.73. The fourth-order valence-electron chi connectivity index (χ4n) is 4.84. The largest absolute Gasteiger partial charge is 0.334 e. The molecule has 1 saturated carbocycles. The zero-order valence-corrected chi connectivity index (χ0v) is 18.2. The fraction of sp³-hybridized carbons (Fsp3) is 0.773. The van der Waals surface area contributed by atoms with Crippen LogP contribution in [-0.4, -0.2) is 58.6 Å². The zero-order valence-electron chi connectivity index (χ0n) is 18.2. The first kappa shape index (κ1) is 21.0. The maximum Gasteiger partial charge on any atom is 0.277 e. The second-order valence-electron chi connectivity index (χ2n) is 9.76. The van der Waals surface area contributed by atoms with Crippen molar-refractivity contribution in [3.8, 4) is 0 Å². The van der Waals surface area contributed by atoms with Crippen LogP contribution in [0.5, 0.6) is 0 Å². The van der Waals surface area contributed by atoms with Gasteiger partial charge in [0.25, 0.3) is 11.5 Å². The van der Waals surface area contributed by atoms with Gasteiger partial charge in [0.15, 0.2) is 0 Å². The van der Waals surface area contributed by atoms with E-state index in [-0.39, 0.29) is 23.1 Å². The number of nitrogens with one attached hydrogen (secondary N) is 1. The maximum atomic E-state index is 13.2. The molecule has 1 unspecified atom stereocenters. The van der Waals surface area contributed by atoms with Crippen LogP contribution in [0.15, 0.2) is 4.79 Å². The molecule has 3 rings (SSSR count). The van der Waals surface area contributed by atoms with Gasteiger partial charge >= 0.3 is 0 Å². The monoisotopic (exact) mass is 388 g/mol. The molecular formula is C22H36N4O2. The summed E-state index contributed by atoms with van der Waals surface area (Å²) in [4.78, 5) is 29.7. The predicted molar refractivity (Wildman–Crippen MR) is 112 cm³/mol. The van der Waals surface area contributed by atoms with Gasteiger partial charge in [0.2, 0.25) is 0 Å². The Bertz CT molecular complexity index is 760. The van der Waals surface area contributed by atoms with Crippen LogP contribution in [-0.2, 0) is 0 Å². The Kier molecular flexibility index (Phi) is 6.28. The van der Waals surface area contributed by atoms with Crippen molar-refractivity contribution in [1.82, 2.24) is 20.0 Å². The summed E-state index contributed by atoms with van der Waals surface area (Å²) in [5.74, 6) is 0.621. The highest BCUT2D eigenvalue weighted by atomic mass is 16.2. The number of rotatable bonds is 5. The quantitative estimate of drug-likeness (QED) is 0.841. The molecule has 28 heavy (non-hydrogen) atoms. The molecule has 0 radical (unpaired) electrons. The van der Waals surface area contributed by atoms with Gasteiger partial charge in [-0.05, 0) is 76.3 Å². The third-order valence-electron chi connectivity index (χ3n) is 6.87. The number of aryl methyl sites for hydroxylation is 1. The minimum atomic E-state index is -0.378. The van der Waals surface area contributed by atoms with Crippen molar-refractivity contribution in [3.63, 3.8) is 0 Å². The van der Waals surface area contributed by atoms with Gasteiger partial charge in [-0.2, -0.15) is 5.10 Å². The van der Waals surface area contributed by atoms with E-state index < -0.39 is 0 Å². The molecule has 1 aliphatic heterocycles. The third-order valence-corrected chi connectivity index (χ3v) is 6.87. The highest BCUT2D eigenvalue weighted by Crippen LogP contribution is 2.38. The lowest BCUT2D eigenvalue weighted by Crippen LogP contribution is -2.45. The summed E-state index contributed by atoms with van der Waals surface area (Å²) in [6, 6.07) is 0.185. The van der Waals surface area contributed by atoms with E-state index in [9.17, 15) is 9.59 Å². The minimum Gasteiger partial charge on any atom is -0.334 e. The summed E-state index contributed by atoms with van der Waals surface area (Å²) in [6.45, 7) is 11.1. The highest BCUT2D eigenvalue weighted by molar-refractivity contribution is 5.95. The van der Waals surface area contributed by atoms with E-state index in [0.717, 1.165) is 38.4 Å². The van der Waals surface area contributed by atoms with Crippen molar-refractivity contribution in [2.75, 3.05) is 26.7 Å². The summed E-state index contributed by atoms with van der Waals surface area (Å²) >= 11 is 0. The fourth-order valence-corrected chi connectivity index (χ4v) is 4.84. The highest BCUT2D eigenvalue weighted by Gasteiger charge is 2.33. The van der Waals surface area contributed by atoms with Crippen LogP contribution in [0.2, 0.25) is 0 Å². The van der Waals surface area contributed by atoms with Gasteiger partial charge in [0.05, 0.1) is 5.69 Å². The number of aromatic amines is 1. The molecule has 1 amide bonds. The van der Waals surface area contributed by atoms with Gasteiger partial charge in [0, 0.05) is 25.7 Å². The van der Waals surface area contributed by atoms with Crippen molar-refractivity contribution in [2.45, 2.75) is 72.3 Å². The van der Waals surface area contributed by atoms with Gasteiger partial charge in [-0.1, -0.05) is 13.8 Å². The van der Waals surface area contributed by atoms with Crippen LogP contribution in [0, 0.1) is 25.2 Å². The SMILES string of the molecule is Cc1n[nH]c(=O)c(C(=O)N2CCCC2CN(C)CC2CCC(C)(C)CC2)c1C. The Labute approximate surface area is 168 Å². The molecule has 2 fully saturated rings. The first-order valence-corrected chi connectivity index (χ1v) is 10.7. The van der Waals surface area contributed by atoms with E-state index in [1.165, 1.54) is 25.7 Å². The number of likely N-dealkylation sites (N-methyl/N-ethyl adjacent to an activating group) is 1. The average Bonchev–Trinajstić information content (AvgIpc) is 3.08. The number of amides is 1. The van der Waals surface area contributed by atoms with Gasteiger partial charge in [-0.25, -0.2) is 5.10 Å². The normalized spacial score (nSPS) is 22.8. The van der Waals surface area contributed by atoms with Crippen molar-refractivity contribution >= 4 is 5.91 Å². The Morgan fingerprint density at radius 2 is 1.89 bits per heavy atom. The molecule has 0 spiro atoms. The lowest BCUT2D eigenvalue weighted by Gasteiger charge is -2.37. The Morgan fingerprint density at radius 1 is 1.21 bits per heavy atom. The van der Waals surface area contributed by atoms with Gasteiger partial charge < -0.3 is 9.80 Å². The number of nitrogens with zero attached hydrogens (tertiary/aromatic N) is 3. The van der Waals surface area contributed by atoms with E-state index in [1.54, 1.807) is 0 Å². The molecular weight excluding hydrogens is 352 g/mol. The molecule has 1 aliphatic carbocycles. The number of likely N-dealkylation sites (tertiary alicyclic amines) is 1. The Morgan fingerprint density at radius 3 is 2.57 bits per heavy atom. The number of hydrogen-bond acceptors (Lipinski definition) is 4. The number of carbonyl (C=O) groups excluding carboxylic acids is 1. The van der Waals surface area contributed by atoms with Crippen molar-refractivity contribution < 1.29 is 4.79 Å². The summed E-state index contributed by atoms with van der Waals surface area (Å²) in [6.07, 6.45) is 7.23. The summed E-state index contributed by atoms with van der Waals surface area (Å²) in [5, 5.41) is 6.44. The van der Waals surface area contributed by atoms with Crippen molar-refractivity contribution in [3.05, 3.63) is 27.2 Å². The average molecular weight is 389 g/mol. The molecule has 1 atom stereocenters. The smallest absolute Gasteiger partial charge is 0.277 e. The van der Waals surface area contributed by atoms with Crippen LogP contribution < -0.4 is 5.56 Å². The number of H-pyrrole nitrogens is 1. The van der Waals surface area contributed by atoms with E-state index in [1.807, 2.05) is 18.7 Å². The van der Waals surface area contributed by atoms with Crippen LogP contribution in [0.1, 0.15) is 74.0 Å². The summed E-state index contributed by atoms with van der Waals surface area (Å²) in [5.41, 5.74) is 1.78. The second-order valence-corrected chi connectivity index (χ2v) is 9.76. The molecule has 1 aromatic heterocycles. The van der Waals surface area contributed by atoms with E-state index >= 15 is 0 Å². The molecule has 1 N–H and O–H groups in total. The molecule has 1 aromatic rings. The number of aromatic nitrogens is 2. The minimum absolute atomic E-state index is 0.139. The molecule has 0 aromatic carbocycles. The van der Waals surface area contributed by atoms with E-state index in [0.29, 0.717) is 16.7 Å². The van der Waals surface area contributed by atoms with Gasteiger partial charge in [-0.15, -0.1) is 0 Å². The van der Waals surface area contributed by atoms with Gasteiger partial charge in [0.1, 0.15) is 5.56 Å². The summed E-state index contributed by atoms with van der Waals surface area (Å²) in [7, 11) is 2.18. The van der Waals surface area contributed by atoms with Gasteiger partial charge in [-0.3, -0.25) is 9.59 Å². The van der Waals surface area contributed by atoms with E-state index in [4.69, 9.17) is 0 Å². The Hall–Kier alpha value is -1.69. The van der Waals surface area contributed by atoms with Crippen molar-refractivity contribution in [1.29, 1.82) is 0 Å². The molecule has 1 saturated heterocycles. The second kappa shape index (κ2) is 8.36. The number of hydrogen-bond donors (Lipinski definition) is 1. The van der Waals surface area contributed by atoms with Crippen LogP contribution >= 0.6 is 0 Å². The third kappa shape index (κ3) is 4.65. The zero-order chi connectivity index (χ0) is 20.5. The first-order valence-electron chi connectivity index (χ1n) is 10.7. The predicted octanol–water partition coefficient (Wildman–Crippen LogP) is 3.14. The Balaban J connectivity index is 1.63. The van der Waals surface area contributed by atoms with E-state index in [2.05, 4.69) is 36.0 Å². The molecule has 0 bridgehead atoms. The number of carbonyl (C=O) groups is 1. The first-order chi connectivity index (χ1) is 13.2. The molecule has 156 valence electrons. The summed E-state index contributed by atoms with van der Waals surface area (Å²) < 4.78 is 0. The lowest BCUT2D eigenvalue weighted by molar-refractivity contribution is 0.0692. The molecule has 2 aliphatic rings. The molecule has 2 heterocycles. The molecule has 6 nitrogen and oxygen atoms in total. The maximum absolute atomic E-state index is 13.2. The molecule has 6 heteroatoms. The van der Waals surface area contributed by atoms with Crippen LogP contribution in [0.3, 0.4) is 0 Å². The van der Waals surface area contributed by atoms with Crippen molar-refractivity contribution in [2.24, 2.45) is 11.3 Å². The van der Waals surface area contributed by atoms with Crippen LogP contribution in [0.25, 0.3) is 0 Å². The topological polar surface area (TPSA) is 69.3 Å².